The summed E-state index contributed by atoms with van der Waals surface area (Å²) in [4.78, 5) is 0.996. The van der Waals surface area contributed by atoms with E-state index in [4.69, 9.17) is 9.47 Å². The van der Waals surface area contributed by atoms with E-state index < -0.39 is 27.1 Å². The molecule has 3 aromatic rings. The Hall–Kier alpha value is -2.88. The molecule has 3 aliphatic rings. The van der Waals surface area contributed by atoms with Crippen molar-refractivity contribution in [2.75, 3.05) is 36.1 Å². The van der Waals surface area contributed by atoms with Gasteiger partial charge in [-0.05, 0) is 53.1 Å². The average Bonchev–Trinajstić information content (AvgIpc) is 2.84. The molecule has 3 unspecified atom stereocenters. The summed E-state index contributed by atoms with van der Waals surface area (Å²) in [5, 5.41) is 6.36. The maximum absolute atomic E-state index is 13.3. The lowest BCUT2D eigenvalue weighted by atomic mass is 10.1. The highest BCUT2D eigenvalue weighted by molar-refractivity contribution is 7.92. The number of sulfone groups is 1. The summed E-state index contributed by atoms with van der Waals surface area (Å²) in [6.45, 7) is 1.46. The summed E-state index contributed by atoms with van der Waals surface area (Å²) in [7, 11) is -3.55. The molecule has 0 saturated carbocycles. The molecule has 0 spiro atoms. The van der Waals surface area contributed by atoms with Gasteiger partial charge in [-0.1, -0.05) is 24.3 Å². The molecular formula is C24H22N2O5S2. The molecule has 0 radical (unpaired) electrons. The van der Waals surface area contributed by atoms with Crippen LogP contribution in [0.3, 0.4) is 0 Å². The molecule has 0 aliphatic carbocycles. The molecule has 3 heterocycles. The zero-order valence-electron chi connectivity index (χ0n) is 17.6. The van der Waals surface area contributed by atoms with Crippen LogP contribution in [0.5, 0.6) is 11.5 Å². The number of fused-ring (bicyclic) bond motifs is 3. The van der Waals surface area contributed by atoms with E-state index in [0.717, 1.165) is 21.7 Å². The van der Waals surface area contributed by atoms with Gasteiger partial charge in [-0.15, -0.1) is 0 Å². The summed E-state index contributed by atoms with van der Waals surface area (Å²) in [5.41, 5.74) is 2.99. The van der Waals surface area contributed by atoms with Gasteiger partial charge in [0, 0.05) is 5.56 Å². The molecule has 170 valence electrons. The van der Waals surface area contributed by atoms with Crippen molar-refractivity contribution in [2.45, 2.75) is 21.1 Å². The highest BCUT2D eigenvalue weighted by Gasteiger charge is 2.36. The third-order valence-corrected chi connectivity index (χ3v) is 9.76. The fraction of sp³-hybridized carbons (Fsp3) is 0.250. The van der Waals surface area contributed by atoms with Gasteiger partial charge in [0.25, 0.3) is 0 Å². The zero-order valence-corrected chi connectivity index (χ0v) is 19.2. The Bertz CT molecular complexity index is 1340. The summed E-state index contributed by atoms with van der Waals surface area (Å²) in [6.07, 6.45) is 0. The van der Waals surface area contributed by atoms with Crippen LogP contribution in [0, 0.1) is 0 Å². The Morgan fingerprint density at radius 2 is 1.70 bits per heavy atom. The SMILES string of the molecule is O=S1(=O)CC(c2ccc3c(c2)OCCO3)Nc2ccc(C3CNc4ccccc4[S+]3[O-])cc21. The van der Waals surface area contributed by atoms with E-state index in [1.807, 2.05) is 48.5 Å². The molecule has 3 aromatic carbocycles. The van der Waals surface area contributed by atoms with Gasteiger partial charge < -0.3 is 24.7 Å². The maximum Gasteiger partial charge on any atom is 0.182 e. The Kier molecular flexibility index (Phi) is 4.93. The highest BCUT2D eigenvalue weighted by atomic mass is 32.2. The van der Waals surface area contributed by atoms with E-state index in [2.05, 4.69) is 10.6 Å². The van der Waals surface area contributed by atoms with Crippen LogP contribution >= 0.6 is 0 Å². The van der Waals surface area contributed by atoms with Crippen molar-refractivity contribution in [2.24, 2.45) is 0 Å². The van der Waals surface area contributed by atoms with Crippen LogP contribution in [0.15, 0.2) is 70.5 Å². The molecule has 0 amide bonds. The van der Waals surface area contributed by atoms with Crippen LogP contribution in [0.2, 0.25) is 0 Å². The fourth-order valence-electron chi connectivity index (χ4n) is 4.57. The molecule has 6 rings (SSSR count). The molecule has 2 N–H and O–H groups in total. The topological polar surface area (TPSA) is 99.7 Å². The van der Waals surface area contributed by atoms with Crippen LogP contribution in [-0.4, -0.2) is 38.5 Å². The Morgan fingerprint density at radius 3 is 2.58 bits per heavy atom. The highest BCUT2D eigenvalue weighted by Crippen LogP contribution is 2.42. The summed E-state index contributed by atoms with van der Waals surface area (Å²) < 4.78 is 51.0. The standard InChI is InChI=1S/C24H22N2O5S2/c27-32-22-4-2-1-3-17(22)25-13-23(32)16-5-7-18-24(12-16)33(28,29)14-19(26-18)15-6-8-20-21(11-15)31-10-9-30-20/h1-8,11-12,19,23,25-26H,9-10,13-14H2. The van der Waals surface area contributed by atoms with E-state index in [0.29, 0.717) is 36.9 Å². The first-order chi connectivity index (χ1) is 16.0. The lowest BCUT2D eigenvalue weighted by Crippen LogP contribution is -2.30. The number of ether oxygens (including phenoxy) is 2. The number of hydrogen-bond acceptors (Lipinski definition) is 7. The second-order valence-corrected chi connectivity index (χ2v) is 11.9. The smallest absolute Gasteiger partial charge is 0.182 e. The Labute approximate surface area is 195 Å². The van der Waals surface area contributed by atoms with E-state index >= 15 is 0 Å². The van der Waals surface area contributed by atoms with E-state index in [9.17, 15) is 13.0 Å². The number of para-hydroxylation sites is 1. The summed E-state index contributed by atoms with van der Waals surface area (Å²) in [5.74, 6) is 1.23. The first kappa shape index (κ1) is 20.7. The van der Waals surface area contributed by atoms with Gasteiger partial charge >= 0.3 is 0 Å². The molecule has 9 heteroatoms. The number of anilines is 2. The number of benzene rings is 3. The van der Waals surface area contributed by atoms with Crippen LogP contribution < -0.4 is 20.1 Å². The normalized spacial score (nSPS) is 24.6. The molecular weight excluding hydrogens is 460 g/mol. The predicted octanol–water partition coefficient (Wildman–Crippen LogP) is 3.67. The van der Waals surface area contributed by atoms with Crippen molar-refractivity contribution in [3.63, 3.8) is 0 Å². The first-order valence-corrected chi connectivity index (χ1v) is 13.6. The van der Waals surface area contributed by atoms with Gasteiger partial charge in [0.1, 0.15) is 13.2 Å². The minimum absolute atomic E-state index is 0.0715. The average molecular weight is 483 g/mol. The molecule has 0 fully saturated rings. The third kappa shape index (κ3) is 3.60. The van der Waals surface area contributed by atoms with Crippen LogP contribution in [0.4, 0.5) is 11.4 Å². The molecule has 7 nitrogen and oxygen atoms in total. The second kappa shape index (κ2) is 7.86. The minimum Gasteiger partial charge on any atom is -0.611 e. The summed E-state index contributed by atoms with van der Waals surface area (Å²) >= 11 is -1.27. The van der Waals surface area contributed by atoms with Gasteiger partial charge in [-0.3, -0.25) is 0 Å². The molecule has 3 aliphatic heterocycles. The molecule has 0 bridgehead atoms. The molecule has 3 atom stereocenters. The van der Waals surface area contributed by atoms with Crippen molar-refractivity contribution in [1.82, 2.24) is 0 Å². The van der Waals surface area contributed by atoms with Gasteiger partial charge in [-0.2, -0.15) is 0 Å². The van der Waals surface area contributed by atoms with Crippen molar-refractivity contribution < 1.29 is 22.4 Å². The van der Waals surface area contributed by atoms with Gasteiger partial charge in [-0.25, -0.2) is 8.42 Å². The van der Waals surface area contributed by atoms with E-state index in [-0.39, 0.29) is 15.9 Å². The van der Waals surface area contributed by atoms with Crippen molar-refractivity contribution in [3.05, 3.63) is 71.8 Å². The Morgan fingerprint density at radius 1 is 0.909 bits per heavy atom. The number of nitrogens with one attached hydrogen (secondary N) is 2. The van der Waals surface area contributed by atoms with Crippen molar-refractivity contribution in [1.29, 1.82) is 0 Å². The molecule has 0 aromatic heterocycles. The van der Waals surface area contributed by atoms with Gasteiger partial charge in [0.15, 0.2) is 31.5 Å². The van der Waals surface area contributed by atoms with E-state index in [1.165, 1.54) is 0 Å². The quantitative estimate of drug-likeness (QED) is 0.538. The van der Waals surface area contributed by atoms with Crippen LogP contribution in [-0.2, 0) is 21.0 Å². The lowest BCUT2D eigenvalue weighted by molar-refractivity contribution is 0.171. The monoisotopic (exact) mass is 482 g/mol. The molecule has 33 heavy (non-hydrogen) atoms. The third-order valence-electron chi connectivity index (χ3n) is 6.24. The number of rotatable bonds is 2. The number of hydrogen-bond donors (Lipinski definition) is 2. The van der Waals surface area contributed by atoms with Crippen LogP contribution in [0.25, 0.3) is 0 Å². The minimum atomic E-state index is -3.55. The largest absolute Gasteiger partial charge is 0.611 e. The van der Waals surface area contributed by atoms with Crippen molar-refractivity contribution in [3.8, 4) is 11.5 Å². The summed E-state index contributed by atoms with van der Waals surface area (Å²) in [6, 6.07) is 18.0. The van der Waals surface area contributed by atoms with E-state index in [1.54, 1.807) is 12.1 Å². The zero-order chi connectivity index (χ0) is 22.6. The van der Waals surface area contributed by atoms with Gasteiger partial charge in [0.2, 0.25) is 0 Å². The first-order valence-electron chi connectivity index (χ1n) is 10.8. The van der Waals surface area contributed by atoms with Gasteiger partial charge in [0.05, 0.1) is 34.6 Å². The Balaban J connectivity index is 1.31. The second-order valence-electron chi connectivity index (χ2n) is 8.30. The predicted molar refractivity (Wildman–Crippen MR) is 126 cm³/mol. The fourth-order valence-corrected chi connectivity index (χ4v) is 7.75. The van der Waals surface area contributed by atoms with Crippen LogP contribution in [0.1, 0.15) is 22.4 Å². The lowest BCUT2D eigenvalue weighted by Gasteiger charge is -2.31. The molecule has 0 saturated heterocycles. The van der Waals surface area contributed by atoms with Crippen molar-refractivity contribution >= 4 is 32.4 Å². The maximum atomic E-state index is 13.3.